The third-order valence-electron chi connectivity index (χ3n) is 4.07. The van der Waals surface area contributed by atoms with E-state index in [0.29, 0.717) is 12.0 Å². The lowest BCUT2D eigenvalue weighted by molar-refractivity contribution is -0.141. The number of thioether (sulfide) groups is 2. The summed E-state index contributed by atoms with van der Waals surface area (Å²) < 4.78 is 0. The summed E-state index contributed by atoms with van der Waals surface area (Å²) in [5.74, 6) is -1.36. The lowest BCUT2D eigenvalue weighted by Gasteiger charge is -2.20. The van der Waals surface area contributed by atoms with Crippen molar-refractivity contribution in [2.75, 3.05) is 17.8 Å². The lowest BCUT2D eigenvalue weighted by atomic mass is 10.00. The second-order valence-corrected chi connectivity index (χ2v) is 8.11. The van der Waals surface area contributed by atoms with Crippen LogP contribution >= 0.6 is 23.5 Å². The number of rotatable bonds is 10. The highest BCUT2D eigenvalue weighted by Gasteiger charge is 2.26. The molecule has 0 spiro atoms. The highest BCUT2D eigenvalue weighted by atomic mass is 32.2. The van der Waals surface area contributed by atoms with E-state index in [1.165, 1.54) is 11.8 Å². The van der Waals surface area contributed by atoms with Crippen LogP contribution in [0.1, 0.15) is 15.9 Å². The van der Waals surface area contributed by atoms with Crippen molar-refractivity contribution in [2.24, 2.45) is 5.92 Å². The third-order valence-corrected chi connectivity index (χ3v) is 5.80. The first-order valence-corrected chi connectivity index (χ1v) is 11.2. The van der Waals surface area contributed by atoms with Gasteiger partial charge in [-0.15, -0.1) is 0 Å². The molecule has 5 nitrogen and oxygen atoms in total. The van der Waals surface area contributed by atoms with Gasteiger partial charge < -0.3 is 10.4 Å². The second kappa shape index (κ2) is 11.6. The predicted octanol–water partition coefficient (Wildman–Crippen LogP) is 3.35. The number of carboxylic acid groups (broad SMARTS) is 1. The van der Waals surface area contributed by atoms with Crippen LogP contribution in [0.5, 0.6) is 0 Å². The van der Waals surface area contributed by atoms with Crippen LogP contribution in [0.3, 0.4) is 0 Å². The quantitative estimate of drug-likeness (QED) is 0.617. The molecule has 0 bridgehead atoms. The van der Waals surface area contributed by atoms with E-state index in [-0.39, 0.29) is 22.5 Å². The Morgan fingerprint density at radius 3 is 2.14 bits per heavy atom. The molecule has 2 aromatic rings. The summed E-state index contributed by atoms with van der Waals surface area (Å²) in [4.78, 5) is 36.5. The third kappa shape index (κ3) is 7.05. The van der Waals surface area contributed by atoms with E-state index in [4.69, 9.17) is 0 Å². The highest BCUT2D eigenvalue weighted by Crippen LogP contribution is 2.19. The average Bonchev–Trinajstić information content (AvgIpc) is 2.71. The standard InChI is InChI=1S/C21H23NO4S2/c1-27-14-18(20(24)25)22-19(23)17(12-15-8-4-2-5-9-15)13-28-21(26)16-10-6-3-7-11-16/h2-11,17-18H,12-14H2,1H3,(H,22,23)(H,24,25)/t17?,18-/m0/s1. The Hall–Kier alpha value is -2.25. The predicted molar refractivity (Wildman–Crippen MR) is 115 cm³/mol. The van der Waals surface area contributed by atoms with Gasteiger partial charge in [0.2, 0.25) is 11.0 Å². The Morgan fingerprint density at radius 1 is 0.964 bits per heavy atom. The zero-order valence-electron chi connectivity index (χ0n) is 15.5. The molecule has 0 fully saturated rings. The van der Waals surface area contributed by atoms with Gasteiger partial charge in [-0.25, -0.2) is 4.79 Å². The van der Waals surface area contributed by atoms with Crippen molar-refractivity contribution in [1.29, 1.82) is 0 Å². The molecule has 0 aliphatic carbocycles. The van der Waals surface area contributed by atoms with E-state index < -0.39 is 17.9 Å². The summed E-state index contributed by atoms with van der Waals surface area (Å²) in [5, 5.41) is 11.8. The maximum atomic E-state index is 12.8. The number of benzene rings is 2. The topological polar surface area (TPSA) is 83.5 Å². The SMILES string of the molecule is CSC[C@H](NC(=O)C(CSC(=O)c1ccccc1)Cc1ccccc1)C(=O)O. The minimum Gasteiger partial charge on any atom is -0.480 e. The summed E-state index contributed by atoms with van der Waals surface area (Å²) in [6.45, 7) is 0. The van der Waals surface area contributed by atoms with E-state index in [1.54, 1.807) is 30.5 Å². The van der Waals surface area contributed by atoms with Crippen molar-refractivity contribution >= 4 is 40.5 Å². The molecule has 0 aliphatic rings. The van der Waals surface area contributed by atoms with Crippen molar-refractivity contribution in [3.8, 4) is 0 Å². The van der Waals surface area contributed by atoms with Gasteiger partial charge in [0.05, 0.1) is 5.92 Å². The number of hydrogen-bond donors (Lipinski definition) is 2. The smallest absolute Gasteiger partial charge is 0.327 e. The first kappa shape index (κ1) is 22.0. The van der Waals surface area contributed by atoms with Crippen molar-refractivity contribution in [3.63, 3.8) is 0 Å². The molecule has 0 aliphatic heterocycles. The van der Waals surface area contributed by atoms with Crippen molar-refractivity contribution in [3.05, 3.63) is 71.8 Å². The monoisotopic (exact) mass is 417 g/mol. The summed E-state index contributed by atoms with van der Waals surface area (Å²) in [6.07, 6.45) is 2.23. The van der Waals surface area contributed by atoms with Crippen molar-refractivity contribution in [1.82, 2.24) is 5.32 Å². The van der Waals surface area contributed by atoms with E-state index in [0.717, 1.165) is 17.3 Å². The molecule has 1 unspecified atom stereocenters. The van der Waals surface area contributed by atoms with Gasteiger partial charge in [0.15, 0.2) is 0 Å². The second-order valence-electron chi connectivity index (χ2n) is 6.21. The molecule has 2 atom stereocenters. The van der Waals surface area contributed by atoms with Crippen LogP contribution in [-0.2, 0) is 16.0 Å². The molecule has 148 valence electrons. The summed E-state index contributed by atoms with van der Waals surface area (Å²) >= 11 is 2.44. The number of aliphatic carboxylic acids is 1. The first-order chi connectivity index (χ1) is 13.5. The van der Waals surface area contributed by atoms with E-state index >= 15 is 0 Å². The average molecular weight is 418 g/mol. The molecular formula is C21H23NO4S2. The maximum absolute atomic E-state index is 12.8. The summed E-state index contributed by atoms with van der Waals surface area (Å²) in [5.41, 5.74) is 1.55. The van der Waals surface area contributed by atoms with Gasteiger partial charge in [0.25, 0.3) is 0 Å². The minimum atomic E-state index is -1.06. The van der Waals surface area contributed by atoms with E-state index in [1.807, 2.05) is 36.4 Å². The molecule has 0 aromatic heterocycles. The Labute approximate surface area is 173 Å². The molecule has 2 N–H and O–H groups in total. The Kier molecular flexibility index (Phi) is 9.10. The largest absolute Gasteiger partial charge is 0.480 e. The number of amides is 1. The molecule has 2 aromatic carbocycles. The van der Waals surface area contributed by atoms with Gasteiger partial charge in [-0.2, -0.15) is 11.8 Å². The molecular weight excluding hydrogens is 394 g/mol. The van der Waals surface area contributed by atoms with Gasteiger partial charge in [-0.1, -0.05) is 72.4 Å². The van der Waals surface area contributed by atoms with Gasteiger partial charge in [0.1, 0.15) is 6.04 Å². The van der Waals surface area contributed by atoms with Gasteiger partial charge in [0, 0.05) is 17.1 Å². The Bertz CT molecular complexity index is 784. The lowest BCUT2D eigenvalue weighted by Crippen LogP contribution is -2.46. The van der Waals surface area contributed by atoms with Gasteiger partial charge >= 0.3 is 5.97 Å². The maximum Gasteiger partial charge on any atom is 0.327 e. The Morgan fingerprint density at radius 2 is 1.57 bits per heavy atom. The normalized spacial score (nSPS) is 12.8. The Balaban J connectivity index is 2.08. The number of nitrogens with one attached hydrogen (secondary N) is 1. The van der Waals surface area contributed by atoms with Crippen LogP contribution in [0, 0.1) is 5.92 Å². The molecule has 0 heterocycles. The van der Waals surface area contributed by atoms with Crippen LogP contribution in [0.4, 0.5) is 0 Å². The molecule has 0 radical (unpaired) electrons. The number of hydrogen-bond acceptors (Lipinski definition) is 5. The fourth-order valence-corrected chi connectivity index (χ4v) is 4.07. The minimum absolute atomic E-state index is 0.106. The van der Waals surface area contributed by atoms with Crippen LogP contribution < -0.4 is 5.32 Å². The molecule has 0 saturated carbocycles. The fraction of sp³-hybridized carbons (Fsp3) is 0.286. The fourth-order valence-electron chi connectivity index (χ4n) is 2.59. The molecule has 1 amide bonds. The van der Waals surface area contributed by atoms with Gasteiger partial charge in [-0.05, 0) is 18.2 Å². The van der Waals surface area contributed by atoms with Crippen LogP contribution in [0.2, 0.25) is 0 Å². The van der Waals surface area contributed by atoms with Crippen LogP contribution in [0.15, 0.2) is 60.7 Å². The number of carbonyl (C=O) groups is 3. The molecule has 2 rings (SSSR count). The zero-order valence-corrected chi connectivity index (χ0v) is 17.2. The van der Waals surface area contributed by atoms with E-state index in [2.05, 4.69) is 5.32 Å². The van der Waals surface area contributed by atoms with Gasteiger partial charge in [-0.3, -0.25) is 9.59 Å². The first-order valence-electron chi connectivity index (χ1n) is 8.79. The van der Waals surface area contributed by atoms with Crippen LogP contribution in [-0.4, -0.2) is 45.9 Å². The number of carboxylic acids is 1. The number of carbonyl (C=O) groups excluding carboxylic acids is 2. The molecule has 7 heteroatoms. The summed E-state index contributed by atoms with van der Waals surface area (Å²) in [6, 6.07) is 17.5. The highest BCUT2D eigenvalue weighted by molar-refractivity contribution is 8.14. The molecule has 28 heavy (non-hydrogen) atoms. The summed E-state index contributed by atoms with van der Waals surface area (Å²) in [7, 11) is 0. The van der Waals surface area contributed by atoms with Crippen molar-refractivity contribution < 1.29 is 19.5 Å². The van der Waals surface area contributed by atoms with Crippen molar-refractivity contribution in [2.45, 2.75) is 12.5 Å². The van der Waals surface area contributed by atoms with Crippen LogP contribution in [0.25, 0.3) is 0 Å². The zero-order chi connectivity index (χ0) is 20.4. The molecule has 0 saturated heterocycles. The van der Waals surface area contributed by atoms with E-state index in [9.17, 15) is 19.5 Å².